The van der Waals surface area contributed by atoms with E-state index in [4.69, 9.17) is 5.11 Å². The highest BCUT2D eigenvalue weighted by atomic mass is 16.4. The average Bonchev–Trinajstić information content (AvgIpc) is 2.26. The predicted octanol–water partition coefficient (Wildman–Crippen LogP) is 1.40. The molecule has 0 saturated carbocycles. The summed E-state index contributed by atoms with van der Waals surface area (Å²) in [5.74, 6) is -1.35. The van der Waals surface area contributed by atoms with Crippen molar-refractivity contribution in [2.75, 3.05) is 0 Å². The Morgan fingerprint density at radius 1 is 1.17 bits per heavy atom. The minimum absolute atomic E-state index is 0.286. The Labute approximate surface area is 109 Å². The second-order valence-electron chi connectivity index (χ2n) is 5.19. The molecular weight excluding hydrogens is 234 g/mol. The lowest BCUT2D eigenvalue weighted by Gasteiger charge is -2.22. The van der Waals surface area contributed by atoms with Crippen LogP contribution < -0.4 is 5.32 Å². The first-order chi connectivity index (χ1) is 8.27. The lowest BCUT2D eigenvalue weighted by molar-refractivity contribution is -0.142. The third-order valence-electron chi connectivity index (χ3n) is 2.88. The molecule has 3 atom stereocenters. The number of amides is 1. The third-order valence-corrected chi connectivity index (χ3v) is 2.88. The van der Waals surface area contributed by atoms with Crippen LogP contribution in [0.15, 0.2) is 0 Å². The van der Waals surface area contributed by atoms with Crippen LogP contribution in [0, 0.1) is 11.8 Å². The molecule has 1 amide bonds. The Morgan fingerprint density at radius 3 is 2.11 bits per heavy atom. The zero-order valence-corrected chi connectivity index (χ0v) is 11.6. The number of hydrogen-bond acceptors (Lipinski definition) is 3. The van der Waals surface area contributed by atoms with Gasteiger partial charge in [-0.25, -0.2) is 0 Å². The lowest BCUT2D eigenvalue weighted by atomic mass is 9.90. The van der Waals surface area contributed by atoms with Crippen LogP contribution in [-0.4, -0.2) is 34.2 Å². The van der Waals surface area contributed by atoms with Gasteiger partial charge >= 0.3 is 5.97 Å². The Kier molecular flexibility index (Phi) is 7.59. The number of carbonyl (C=O) groups is 2. The van der Waals surface area contributed by atoms with Crippen LogP contribution in [0.2, 0.25) is 0 Å². The maximum absolute atomic E-state index is 12.0. The smallest absolute Gasteiger partial charge is 0.325 e. The minimum Gasteiger partial charge on any atom is -0.480 e. The molecule has 0 aromatic heterocycles. The molecule has 0 aliphatic carbocycles. The molecule has 0 aliphatic heterocycles. The average molecular weight is 259 g/mol. The van der Waals surface area contributed by atoms with Crippen LogP contribution in [0.1, 0.15) is 47.0 Å². The van der Waals surface area contributed by atoms with E-state index in [-0.39, 0.29) is 11.8 Å². The molecule has 3 unspecified atom stereocenters. The highest BCUT2D eigenvalue weighted by molar-refractivity contribution is 5.84. The molecule has 3 N–H and O–H groups in total. The van der Waals surface area contributed by atoms with Gasteiger partial charge in [-0.1, -0.05) is 20.8 Å². The van der Waals surface area contributed by atoms with Crippen LogP contribution in [0.5, 0.6) is 0 Å². The maximum Gasteiger partial charge on any atom is 0.325 e. The largest absolute Gasteiger partial charge is 0.480 e. The zero-order chi connectivity index (χ0) is 14.3. The van der Waals surface area contributed by atoms with Gasteiger partial charge in [0.2, 0.25) is 5.91 Å². The summed E-state index contributed by atoms with van der Waals surface area (Å²) in [5.41, 5.74) is 0. The molecule has 0 aliphatic rings. The SMILES string of the molecule is CCC(O)CC(CC(C)C)C(=O)NC(C)C(=O)O. The Morgan fingerprint density at radius 2 is 1.72 bits per heavy atom. The monoisotopic (exact) mass is 259 g/mol. The molecule has 0 saturated heterocycles. The van der Waals surface area contributed by atoms with Crippen LogP contribution in [-0.2, 0) is 9.59 Å². The molecule has 0 radical (unpaired) electrons. The van der Waals surface area contributed by atoms with E-state index in [9.17, 15) is 14.7 Å². The standard InChI is InChI=1S/C13H25NO4/c1-5-11(15)7-10(6-8(2)3)12(16)14-9(4)13(17)18/h8-11,15H,5-7H2,1-4H3,(H,14,16)(H,17,18). The van der Waals surface area contributed by atoms with Gasteiger partial charge in [-0.3, -0.25) is 9.59 Å². The molecular formula is C13H25NO4. The number of carbonyl (C=O) groups excluding carboxylic acids is 1. The fourth-order valence-corrected chi connectivity index (χ4v) is 1.77. The van der Waals surface area contributed by atoms with Gasteiger partial charge in [0.05, 0.1) is 6.10 Å². The number of carboxylic acids is 1. The van der Waals surface area contributed by atoms with Crippen molar-refractivity contribution in [1.29, 1.82) is 0 Å². The molecule has 0 heterocycles. The van der Waals surface area contributed by atoms with E-state index in [1.54, 1.807) is 0 Å². The van der Waals surface area contributed by atoms with E-state index in [1.165, 1.54) is 6.92 Å². The van der Waals surface area contributed by atoms with Crippen LogP contribution in [0.3, 0.4) is 0 Å². The van der Waals surface area contributed by atoms with Gasteiger partial charge in [-0.2, -0.15) is 0 Å². The van der Waals surface area contributed by atoms with E-state index >= 15 is 0 Å². The molecule has 106 valence electrons. The highest BCUT2D eigenvalue weighted by Gasteiger charge is 2.25. The van der Waals surface area contributed by atoms with Gasteiger partial charge in [-0.05, 0) is 32.1 Å². The summed E-state index contributed by atoms with van der Waals surface area (Å²) in [5, 5.41) is 20.9. The summed E-state index contributed by atoms with van der Waals surface area (Å²) in [6.07, 6.45) is 1.11. The second-order valence-corrected chi connectivity index (χ2v) is 5.19. The van der Waals surface area contributed by atoms with Crippen molar-refractivity contribution in [3.8, 4) is 0 Å². The van der Waals surface area contributed by atoms with Crippen molar-refractivity contribution in [2.24, 2.45) is 11.8 Å². The predicted molar refractivity (Wildman–Crippen MR) is 69.1 cm³/mol. The first-order valence-electron chi connectivity index (χ1n) is 6.49. The molecule has 5 heteroatoms. The lowest BCUT2D eigenvalue weighted by Crippen LogP contribution is -2.42. The van der Waals surface area contributed by atoms with Gasteiger partial charge in [0, 0.05) is 5.92 Å². The van der Waals surface area contributed by atoms with E-state index in [0.29, 0.717) is 25.2 Å². The van der Waals surface area contributed by atoms with E-state index < -0.39 is 18.1 Å². The molecule has 0 spiro atoms. The number of hydrogen-bond donors (Lipinski definition) is 3. The highest BCUT2D eigenvalue weighted by Crippen LogP contribution is 2.19. The first kappa shape index (κ1) is 16.9. The Hall–Kier alpha value is -1.10. The first-order valence-corrected chi connectivity index (χ1v) is 6.49. The van der Waals surface area contributed by atoms with Crippen LogP contribution in [0.25, 0.3) is 0 Å². The molecule has 0 bridgehead atoms. The second kappa shape index (κ2) is 8.08. The summed E-state index contributed by atoms with van der Waals surface area (Å²) in [7, 11) is 0. The van der Waals surface area contributed by atoms with E-state index in [2.05, 4.69) is 5.32 Å². The normalized spacial score (nSPS) is 16.1. The molecule has 0 rings (SSSR count). The van der Waals surface area contributed by atoms with Crippen molar-refractivity contribution in [1.82, 2.24) is 5.32 Å². The zero-order valence-electron chi connectivity index (χ0n) is 11.6. The maximum atomic E-state index is 12.0. The molecule has 18 heavy (non-hydrogen) atoms. The molecule has 0 aromatic carbocycles. The molecule has 0 fully saturated rings. The van der Waals surface area contributed by atoms with Gasteiger partial charge in [0.25, 0.3) is 0 Å². The number of nitrogens with one attached hydrogen (secondary N) is 1. The van der Waals surface area contributed by atoms with E-state index in [1.807, 2.05) is 20.8 Å². The molecule has 5 nitrogen and oxygen atoms in total. The van der Waals surface area contributed by atoms with Gasteiger partial charge < -0.3 is 15.5 Å². The summed E-state index contributed by atoms with van der Waals surface area (Å²) >= 11 is 0. The van der Waals surface area contributed by atoms with Crippen molar-refractivity contribution in [3.05, 3.63) is 0 Å². The Bertz CT molecular complexity index is 278. The number of aliphatic hydroxyl groups is 1. The summed E-state index contributed by atoms with van der Waals surface area (Å²) < 4.78 is 0. The quantitative estimate of drug-likeness (QED) is 0.615. The van der Waals surface area contributed by atoms with Crippen molar-refractivity contribution >= 4 is 11.9 Å². The summed E-state index contributed by atoms with van der Waals surface area (Å²) in [4.78, 5) is 22.7. The summed E-state index contributed by atoms with van der Waals surface area (Å²) in [6.45, 7) is 7.29. The number of aliphatic hydroxyl groups excluding tert-OH is 1. The van der Waals surface area contributed by atoms with E-state index in [0.717, 1.165) is 0 Å². The van der Waals surface area contributed by atoms with Crippen LogP contribution in [0.4, 0.5) is 0 Å². The number of carboxylic acid groups (broad SMARTS) is 1. The Balaban J connectivity index is 4.53. The van der Waals surface area contributed by atoms with Gasteiger partial charge in [-0.15, -0.1) is 0 Å². The topological polar surface area (TPSA) is 86.6 Å². The number of rotatable bonds is 8. The fraction of sp³-hybridized carbons (Fsp3) is 0.846. The van der Waals surface area contributed by atoms with Gasteiger partial charge in [0.1, 0.15) is 6.04 Å². The van der Waals surface area contributed by atoms with Crippen molar-refractivity contribution in [3.63, 3.8) is 0 Å². The van der Waals surface area contributed by atoms with Gasteiger partial charge in [0.15, 0.2) is 0 Å². The van der Waals surface area contributed by atoms with Crippen LogP contribution >= 0.6 is 0 Å². The molecule has 0 aromatic rings. The third kappa shape index (κ3) is 6.59. The minimum atomic E-state index is -1.05. The summed E-state index contributed by atoms with van der Waals surface area (Å²) in [6, 6.07) is -0.897. The van der Waals surface area contributed by atoms with Crippen molar-refractivity contribution in [2.45, 2.75) is 59.1 Å². The fourth-order valence-electron chi connectivity index (χ4n) is 1.77. The number of aliphatic carboxylic acids is 1. The van der Waals surface area contributed by atoms with Crippen molar-refractivity contribution < 1.29 is 19.8 Å².